The van der Waals surface area contributed by atoms with Gasteiger partial charge in [-0.1, -0.05) is 6.07 Å². The van der Waals surface area contributed by atoms with E-state index in [9.17, 15) is 5.11 Å². The number of aliphatic hydroxyl groups is 1. The van der Waals surface area contributed by atoms with Gasteiger partial charge >= 0.3 is 0 Å². The van der Waals surface area contributed by atoms with Crippen LogP contribution in [0.4, 0.5) is 5.69 Å². The number of hydrogen-bond acceptors (Lipinski definition) is 2. The van der Waals surface area contributed by atoms with Crippen LogP contribution in [0.15, 0.2) is 22.7 Å². The minimum absolute atomic E-state index is 0.401. The van der Waals surface area contributed by atoms with Gasteiger partial charge in [0.2, 0.25) is 0 Å². The summed E-state index contributed by atoms with van der Waals surface area (Å²) in [6.07, 6.45) is 2.18. The van der Waals surface area contributed by atoms with Crippen molar-refractivity contribution in [1.82, 2.24) is 0 Å². The lowest BCUT2D eigenvalue weighted by Gasteiger charge is -2.21. The highest BCUT2D eigenvalue weighted by Gasteiger charge is 2.27. The highest BCUT2D eigenvalue weighted by molar-refractivity contribution is 9.10. The summed E-state index contributed by atoms with van der Waals surface area (Å²) in [5, 5.41) is 9.46. The van der Waals surface area contributed by atoms with Gasteiger partial charge in [-0.05, 0) is 53.4 Å². The lowest BCUT2D eigenvalue weighted by molar-refractivity contribution is 0.199. The summed E-state index contributed by atoms with van der Waals surface area (Å²) in [5.41, 5.74) is 2.16. The third-order valence-electron chi connectivity index (χ3n) is 2.93. The van der Waals surface area contributed by atoms with Crippen molar-refractivity contribution >= 4 is 21.6 Å². The standard InChI is InChI=1S/C12H16BrNO/c1-8(15)9-3-6-12(11(13)7-9)14(2)10-4-5-10/h3,6-8,10,15H,4-5H2,1-2H3/t8-/m1/s1. The molecule has 15 heavy (non-hydrogen) atoms. The maximum absolute atomic E-state index is 9.46. The number of halogens is 1. The molecule has 0 aliphatic heterocycles. The molecule has 3 heteroatoms. The Bertz CT molecular complexity index is 361. The number of rotatable bonds is 3. The van der Waals surface area contributed by atoms with E-state index >= 15 is 0 Å². The predicted molar refractivity (Wildman–Crippen MR) is 66.2 cm³/mol. The van der Waals surface area contributed by atoms with Crippen LogP contribution < -0.4 is 4.90 Å². The van der Waals surface area contributed by atoms with Crippen molar-refractivity contribution < 1.29 is 5.11 Å². The predicted octanol–water partition coefficient (Wildman–Crippen LogP) is 3.10. The van der Waals surface area contributed by atoms with E-state index in [1.807, 2.05) is 12.1 Å². The van der Waals surface area contributed by atoms with Crippen molar-refractivity contribution in [2.24, 2.45) is 0 Å². The van der Waals surface area contributed by atoms with Gasteiger partial charge in [0.1, 0.15) is 0 Å². The van der Waals surface area contributed by atoms with Crippen LogP contribution in [-0.4, -0.2) is 18.2 Å². The van der Waals surface area contributed by atoms with Gasteiger partial charge in [-0.3, -0.25) is 0 Å². The fourth-order valence-corrected chi connectivity index (χ4v) is 2.40. The Labute approximate surface area is 99.0 Å². The van der Waals surface area contributed by atoms with E-state index in [1.54, 1.807) is 6.92 Å². The van der Waals surface area contributed by atoms with E-state index in [1.165, 1.54) is 18.5 Å². The molecule has 0 amide bonds. The van der Waals surface area contributed by atoms with Crippen LogP contribution in [0.1, 0.15) is 31.4 Å². The van der Waals surface area contributed by atoms with Crippen molar-refractivity contribution in [3.05, 3.63) is 28.2 Å². The highest BCUT2D eigenvalue weighted by Crippen LogP contribution is 2.35. The molecule has 2 nitrogen and oxygen atoms in total. The average Bonchev–Trinajstić information content (AvgIpc) is 2.99. The fraction of sp³-hybridized carbons (Fsp3) is 0.500. The molecule has 0 bridgehead atoms. The topological polar surface area (TPSA) is 23.5 Å². The van der Waals surface area contributed by atoms with Crippen LogP contribution in [0.2, 0.25) is 0 Å². The monoisotopic (exact) mass is 269 g/mol. The molecule has 0 unspecified atom stereocenters. The largest absolute Gasteiger partial charge is 0.389 e. The maximum Gasteiger partial charge on any atom is 0.0762 e. The molecule has 1 aliphatic carbocycles. The molecule has 0 radical (unpaired) electrons. The molecule has 1 N–H and O–H groups in total. The van der Waals surface area contributed by atoms with Crippen LogP contribution in [0.25, 0.3) is 0 Å². The Balaban J connectivity index is 2.25. The van der Waals surface area contributed by atoms with Crippen molar-refractivity contribution in [2.45, 2.75) is 31.9 Å². The molecule has 1 aromatic rings. The average molecular weight is 270 g/mol. The van der Waals surface area contributed by atoms with Gasteiger partial charge in [-0.2, -0.15) is 0 Å². The van der Waals surface area contributed by atoms with E-state index in [0.29, 0.717) is 6.04 Å². The second kappa shape index (κ2) is 4.14. The molecule has 0 heterocycles. The van der Waals surface area contributed by atoms with Crippen LogP contribution in [-0.2, 0) is 0 Å². The molecular weight excluding hydrogens is 254 g/mol. The molecule has 1 atom stereocenters. The summed E-state index contributed by atoms with van der Waals surface area (Å²) < 4.78 is 1.07. The van der Waals surface area contributed by atoms with Crippen molar-refractivity contribution in [1.29, 1.82) is 0 Å². The molecular formula is C12H16BrNO. The van der Waals surface area contributed by atoms with Crippen LogP contribution >= 0.6 is 15.9 Å². The first-order valence-electron chi connectivity index (χ1n) is 5.30. The Morgan fingerprint density at radius 1 is 1.47 bits per heavy atom. The molecule has 1 aliphatic rings. The molecule has 0 aromatic heterocycles. The summed E-state index contributed by atoms with van der Waals surface area (Å²) in [5.74, 6) is 0. The van der Waals surface area contributed by atoms with Gasteiger partial charge in [0.15, 0.2) is 0 Å². The first-order valence-corrected chi connectivity index (χ1v) is 6.09. The van der Waals surface area contributed by atoms with Crippen molar-refractivity contribution in [3.8, 4) is 0 Å². The lowest BCUT2D eigenvalue weighted by atomic mass is 10.1. The van der Waals surface area contributed by atoms with Crippen molar-refractivity contribution in [3.63, 3.8) is 0 Å². The zero-order chi connectivity index (χ0) is 11.0. The van der Waals surface area contributed by atoms with Crippen molar-refractivity contribution in [2.75, 3.05) is 11.9 Å². The highest BCUT2D eigenvalue weighted by atomic mass is 79.9. The van der Waals surface area contributed by atoms with E-state index in [4.69, 9.17) is 0 Å². The van der Waals surface area contributed by atoms with Gasteiger partial charge < -0.3 is 10.0 Å². The Morgan fingerprint density at radius 2 is 2.13 bits per heavy atom. The lowest BCUT2D eigenvalue weighted by Crippen LogP contribution is -2.19. The normalized spacial score (nSPS) is 17.6. The summed E-state index contributed by atoms with van der Waals surface area (Å²) >= 11 is 3.56. The summed E-state index contributed by atoms with van der Waals surface area (Å²) in [4.78, 5) is 2.30. The van der Waals surface area contributed by atoms with Gasteiger partial charge in [0.05, 0.1) is 11.8 Å². The minimum Gasteiger partial charge on any atom is -0.389 e. The second-order valence-corrected chi connectivity index (χ2v) is 5.08. The zero-order valence-corrected chi connectivity index (χ0v) is 10.7. The third kappa shape index (κ3) is 2.34. The molecule has 82 valence electrons. The van der Waals surface area contributed by atoms with Crippen LogP contribution in [0, 0.1) is 0 Å². The quantitative estimate of drug-likeness (QED) is 0.912. The Morgan fingerprint density at radius 3 is 2.60 bits per heavy atom. The molecule has 0 saturated heterocycles. The number of aliphatic hydroxyl groups excluding tert-OH is 1. The third-order valence-corrected chi connectivity index (χ3v) is 3.56. The number of benzene rings is 1. The first-order chi connectivity index (χ1) is 7.09. The van der Waals surface area contributed by atoms with E-state index in [2.05, 4.69) is 33.9 Å². The van der Waals surface area contributed by atoms with Gasteiger partial charge in [0.25, 0.3) is 0 Å². The summed E-state index contributed by atoms with van der Waals surface area (Å²) in [7, 11) is 2.12. The summed E-state index contributed by atoms with van der Waals surface area (Å²) in [6, 6.07) is 6.77. The number of nitrogens with zero attached hydrogens (tertiary/aromatic N) is 1. The zero-order valence-electron chi connectivity index (χ0n) is 9.07. The molecule has 0 spiro atoms. The molecule has 2 rings (SSSR count). The smallest absolute Gasteiger partial charge is 0.0762 e. The minimum atomic E-state index is -0.401. The SMILES string of the molecule is C[C@@H](O)c1ccc(N(C)C2CC2)c(Br)c1. The Hall–Kier alpha value is -0.540. The van der Waals surface area contributed by atoms with Gasteiger partial charge in [-0.25, -0.2) is 0 Å². The Kier molecular flexibility index (Phi) is 3.03. The number of hydrogen-bond donors (Lipinski definition) is 1. The van der Waals surface area contributed by atoms with Crippen LogP contribution in [0.5, 0.6) is 0 Å². The van der Waals surface area contributed by atoms with Crippen LogP contribution in [0.3, 0.4) is 0 Å². The maximum atomic E-state index is 9.46. The van der Waals surface area contributed by atoms with Gasteiger partial charge in [-0.15, -0.1) is 0 Å². The van der Waals surface area contributed by atoms with E-state index in [-0.39, 0.29) is 0 Å². The molecule has 1 fully saturated rings. The van der Waals surface area contributed by atoms with Gasteiger partial charge in [0, 0.05) is 17.6 Å². The number of anilines is 1. The molecule has 1 saturated carbocycles. The summed E-state index contributed by atoms with van der Waals surface area (Å²) in [6.45, 7) is 1.78. The fourth-order valence-electron chi connectivity index (χ4n) is 1.73. The van der Waals surface area contributed by atoms with E-state index < -0.39 is 6.10 Å². The van der Waals surface area contributed by atoms with E-state index in [0.717, 1.165) is 10.0 Å². The molecule has 1 aromatic carbocycles. The first kappa shape index (κ1) is 11.0. The second-order valence-electron chi connectivity index (χ2n) is 4.23.